The molecule has 78 valence electrons. The smallest absolute Gasteiger partial charge is 0.387 e. The normalized spacial score (nSPS) is 14.0. The van der Waals surface area contributed by atoms with Gasteiger partial charge in [0.2, 0.25) is 0 Å². The fourth-order valence-corrected chi connectivity index (χ4v) is 1.02. The van der Waals surface area contributed by atoms with Crippen LogP contribution in [-0.2, 0) is 0 Å². The molecule has 1 aromatic rings. The summed E-state index contributed by atoms with van der Waals surface area (Å²) in [7, 11) is 0. The van der Waals surface area contributed by atoms with Crippen molar-refractivity contribution in [1.82, 2.24) is 4.98 Å². The number of hydrogen-bond acceptors (Lipinski definition) is 2. The molecule has 1 unspecified atom stereocenters. The third-order valence-corrected chi connectivity index (χ3v) is 1.73. The van der Waals surface area contributed by atoms with E-state index in [0.717, 1.165) is 0 Å². The average molecular weight is 205 g/mol. The summed E-state index contributed by atoms with van der Waals surface area (Å²) in [5, 5.41) is 9.32. The Kier molecular flexibility index (Phi) is 3.46. The van der Waals surface area contributed by atoms with Gasteiger partial charge in [-0.25, -0.2) is 0 Å². The molecule has 1 atom stereocenters. The fourth-order valence-electron chi connectivity index (χ4n) is 1.02. The van der Waals surface area contributed by atoms with Crippen LogP contribution in [0.15, 0.2) is 24.4 Å². The minimum atomic E-state index is -4.23. The predicted octanol–water partition coefficient (Wildman–Crippen LogP) is 2.46. The molecule has 1 rings (SSSR count). The molecule has 1 aromatic heterocycles. The van der Waals surface area contributed by atoms with Crippen molar-refractivity contribution in [2.45, 2.75) is 25.1 Å². The number of nitrogens with zero attached hydrogens (tertiary/aromatic N) is 1. The summed E-state index contributed by atoms with van der Waals surface area (Å²) in [6.07, 6.45) is -5.27. The molecular weight excluding hydrogens is 195 g/mol. The Labute approximate surface area is 79.4 Å². The van der Waals surface area contributed by atoms with Crippen molar-refractivity contribution >= 4 is 0 Å². The molecule has 5 heteroatoms. The van der Waals surface area contributed by atoms with Crippen molar-refractivity contribution in [2.24, 2.45) is 0 Å². The molecule has 0 aliphatic carbocycles. The monoisotopic (exact) mass is 205 g/mol. The molecule has 1 N–H and O–H groups in total. The van der Waals surface area contributed by atoms with Crippen LogP contribution in [0.25, 0.3) is 0 Å². The van der Waals surface area contributed by atoms with Gasteiger partial charge in [-0.05, 0) is 18.6 Å². The SMILES string of the molecule is OC(CCC(F)(F)F)c1ccccn1. The van der Waals surface area contributed by atoms with Gasteiger partial charge in [0.05, 0.1) is 11.8 Å². The Morgan fingerprint density at radius 3 is 2.57 bits per heavy atom. The van der Waals surface area contributed by atoms with Crippen molar-refractivity contribution < 1.29 is 18.3 Å². The van der Waals surface area contributed by atoms with Gasteiger partial charge in [-0.15, -0.1) is 0 Å². The molecule has 0 bridgehead atoms. The van der Waals surface area contributed by atoms with Gasteiger partial charge in [-0.2, -0.15) is 13.2 Å². The highest BCUT2D eigenvalue weighted by molar-refractivity contribution is 5.06. The summed E-state index contributed by atoms with van der Waals surface area (Å²) >= 11 is 0. The molecule has 0 aliphatic heterocycles. The van der Waals surface area contributed by atoms with Gasteiger partial charge < -0.3 is 5.11 Å². The van der Waals surface area contributed by atoms with Crippen LogP contribution in [0.4, 0.5) is 13.2 Å². The molecule has 0 aliphatic rings. The zero-order chi connectivity index (χ0) is 10.6. The van der Waals surface area contributed by atoms with E-state index in [4.69, 9.17) is 0 Å². The lowest BCUT2D eigenvalue weighted by atomic mass is 10.1. The Bertz CT molecular complexity index is 273. The maximum absolute atomic E-state index is 11.8. The first-order chi connectivity index (χ1) is 6.49. The summed E-state index contributed by atoms with van der Waals surface area (Å²) in [6, 6.07) is 4.76. The Hall–Kier alpha value is -1.10. The van der Waals surface area contributed by atoms with E-state index in [1.165, 1.54) is 12.3 Å². The van der Waals surface area contributed by atoms with Gasteiger partial charge in [0.15, 0.2) is 0 Å². The van der Waals surface area contributed by atoms with Crippen LogP contribution in [0.5, 0.6) is 0 Å². The average Bonchev–Trinajstić information content (AvgIpc) is 2.14. The van der Waals surface area contributed by atoms with Crippen LogP contribution in [0.2, 0.25) is 0 Å². The Morgan fingerprint density at radius 1 is 1.36 bits per heavy atom. The number of halogens is 3. The number of aliphatic hydroxyl groups excluding tert-OH is 1. The highest BCUT2D eigenvalue weighted by atomic mass is 19.4. The molecule has 0 saturated heterocycles. The number of alkyl halides is 3. The van der Waals surface area contributed by atoms with Gasteiger partial charge in [0.25, 0.3) is 0 Å². The lowest BCUT2D eigenvalue weighted by molar-refractivity contribution is -0.140. The van der Waals surface area contributed by atoms with E-state index in [9.17, 15) is 18.3 Å². The minimum absolute atomic E-state index is 0.275. The van der Waals surface area contributed by atoms with E-state index in [1.807, 2.05) is 0 Å². The van der Waals surface area contributed by atoms with Gasteiger partial charge >= 0.3 is 6.18 Å². The summed E-state index contributed by atoms with van der Waals surface area (Å²) in [5.41, 5.74) is 0.275. The second kappa shape index (κ2) is 4.41. The molecule has 1 heterocycles. The topological polar surface area (TPSA) is 33.1 Å². The molecule has 0 radical (unpaired) electrons. The van der Waals surface area contributed by atoms with Crippen molar-refractivity contribution in [2.75, 3.05) is 0 Å². The number of rotatable bonds is 3. The van der Waals surface area contributed by atoms with Crippen molar-refractivity contribution in [3.63, 3.8) is 0 Å². The first kappa shape index (κ1) is 11.0. The van der Waals surface area contributed by atoms with Crippen LogP contribution in [0.3, 0.4) is 0 Å². The van der Waals surface area contributed by atoms with E-state index in [1.54, 1.807) is 12.1 Å². The van der Waals surface area contributed by atoms with Crippen LogP contribution < -0.4 is 0 Å². The second-order valence-corrected chi connectivity index (χ2v) is 2.92. The summed E-state index contributed by atoms with van der Waals surface area (Å²) in [4.78, 5) is 3.76. The Balaban J connectivity index is 2.48. The van der Waals surface area contributed by atoms with Gasteiger partial charge in [-0.3, -0.25) is 4.98 Å². The maximum atomic E-state index is 11.8. The van der Waals surface area contributed by atoms with E-state index < -0.39 is 18.7 Å². The zero-order valence-corrected chi connectivity index (χ0v) is 7.33. The quantitative estimate of drug-likeness (QED) is 0.822. The number of hydrogen-bond donors (Lipinski definition) is 1. The first-order valence-electron chi connectivity index (χ1n) is 4.15. The van der Waals surface area contributed by atoms with Gasteiger partial charge in [0, 0.05) is 12.6 Å². The van der Waals surface area contributed by atoms with Crippen molar-refractivity contribution in [3.8, 4) is 0 Å². The summed E-state index contributed by atoms with van der Waals surface area (Å²) in [5.74, 6) is 0. The van der Waals surface area contributed by atoms with Crippen LogP contribution >= 0.6 is 0 Å². The standard InChI is InChI=1S/C9H10F3NO/c10-9(11,12)5-4-8(14)7-3-1-2-6-13-7/h1-3,6,8,14H,4-5H2. The molecule has 0 saturated carbocycles. The molecular formula is C9H10F3NO. The van der Waals surface area contributed by atoms with Crippen LogP contribution in [-0.4, -0.2) is 16.3 Å². The molecule has 0 amide bonds. The highest BCUT2D eigenvalue weighted by Gasteiger charge is 2.28. The van der Waals surface area contributed by atoms with E-state index in [2.05, 4.69) is 4.98 Å². The van der Waals surface area contributed by atoms with Crippen LogP contribution in [0, 0.1) is 0 Å². The second-order valence-electron chi connectivity index (χ2n) is 2.92. The predicted molar refractivity (Wildman–Crippen MR) is 44.5 cm³/mol. The van der Waals surface area contributed by atoms with E-state index in [0.29, 0.717) is 0 Å². The fraction of sp³-hybridized carbons (Fsp3) is 0.444. The van der Waals surface area contributed by atoms with Gasteiger partial charge in [0.1, 0.15) is 0 Å². The van der Waals surface area contributed by atoms with Gasteiger partial charge in [-0.1, -0.05) is 6.07 Å². The lowest BCUT2D eigenvalue weighted by Gasteiger charge is -2.11. The number of aliphatic hydroxyl groups is 1. The third kappa shape index (κ3) is 3.74. The zero-order valence-electron chi connectivity index (χ0n) is 7.33. The molecule has 0 fully saturated rings. The third-order valence-electron chi connectivity index (χ3n) is 1.73. The van der Waals surface area contributed by atoms with Crippen LogP contribution in [0.1, 0.15) is 24.6 Å². The number of aromatic nitrogens is 1. The maximum Gasteiger partial charge on any atom is 0.389 e. The lowest BCUT2D eigenvalue weighted by Crippen LogP contribution is -2.10. The van der Waals surface area contributed by atoms with Crippen molar-refractivity contribution in [1.29, 1.82) is 0 Å². The minimum Gasteiger partial charge on any atom is -0.387 e. The molecule has 14 heavy (non-hydrogen) atoms. The first-order valence-corrected chi connectivity index (χ1v) is 4.15. The van der Waals surface area contributed by atoms with Crippen molar-refractivity contribution in [3.05, 3.63) is 30.1 Å². The molecule has 0 spiro atoms. The molecule has 2 nitrogen and oxygen atoms in total. The van der Waals surface area contributed by atoms with E-state index in [-0.39, 0.29) is 12.1 Å². The Morgan fingerprint density at radius 2 is 2.07 bits per heavy atom. The summed E-state index contributed by atoms with van der Waals surface area (Å²) in [6.45, 7) is 0. The van der Waals surface area contributed by atoms with E-state index >= 15 is 0 Å². The number of pyridine rings is 1. The highest BCUT2D eigenvalue weighted by Crippen LogP contribution is 2.26. The molecule has 0 aromatic carbocycles. The summed E-state index contributed by atoms with van der Waals surface area (Å²) < 4.78 is 35.4. The largest absolute Gasteiger partial charge is 0.389 e.